The van der Waals surface area contributed by atoms with E-state index in [9.17, 15) is 0 Å². The Labute approximate surface area is 139 Å². The van der Waals surface area contributed by atoms with Crippen molar-refractivity contribution in [2.75, 3.05) is 0 Å². The molecular formula is C22H24O. The first kappa shape index (κ1) is 16.8. The van der Waals surface area contributed by atoms with E-state index in [1.807, 2.05) is 60.7 Å². The van der Waals surface area contributed by atoms with Crippen LogP contribution in [0.15, 0.2) is 84.9 Å². The van der Waals surface area contributed by atoms with Crippen molar-refractivity contribution in [3.05, 3.63) is 96.1 Å². The molecule has 0 aliphatic rings. The Kier molecular flexibility index (Phi) is 6.43. The lowest BCUT2D eigenvalue weighted by atomic mass is 10.0. The fourth-order valence-corrected chi connectivity index (χ4v) is 2.06. The number of benzene rings is 3. The zero-order valence-corrected chi connectivity index (χ0v) is 14.1. The lowest BCUT2D eigenvalue weighted by molar-refractivity contribution is 0.482. The average Bonchev–Trinajstić information content (AvgIpc) is 2.58. The summed E-state index contributed by atoms with van der Waals surface area (Å²) in [5.74, 6) is 2.39. The molecule has 3 rings (SSSR count). The Hall–Kier alpha value is -2.54. The van der Waals surface area contributed by atoms with E-state index in [1.54, 1.807) is 0 Å². The molecule has 0 atom stereocenters. The molecule has 1 heteroatoms. The van der Waals surface area contributed by atoms with E-state index in [0.29, 0.717) is 5.92 Å². The Morgan fingerprint density at radius 3 is 1.43 bits per heavy atom. The number of aryl methyl sites for hydroxylation is 1. The van der Waals surface area contributed by atoms with Gasteiger partial charge in [-0.2, -0.15) is 0 Å². The van der Waals surface area contributed by atoms with Gasteiger partial charge in [-0.25, -0.2) is 0 Å². The van der Waals surface area contributed by atoms with Gasteiger partial charge in [0.2, 0.25) is 0 Å². The van der Waals surface area contributed by atoms with Gasteiger partial charge >= 0.3 is 0 Å². The maximum atomic E-state index is 5.58. The van der Waals surface area contributed by atoms with Crippen LogP contribution in [-0.4, -0.2) is 0 Å². The molecule has 0 radical (unpaired) electrons. The number of hydrogen-bond acceptors (Lipinski definition) is 1. The lowest BCUT2D eigenvalue weighted by Crippen LogP contribution is -1.85. The molecule has 118 valence electrons. The van der Waals surface area contributed by atoms with Gasteiger partial charge in [0.1, 0.15) is 11.5 Å². The van der Waals surface area contributed by atoms with Crippen molar-refractivity contribution in [1.29, 1.82) is 0 Å². The van der Waals surface area contributed by atoms with Crippen LogP contribution in [0.25, 0.3) is 0 Å². The summed E-state index contributed by atoms with van der Waals surface area (Å²) in [6, 6.07) is 28.2. The highest BCUT2D eigenvalue weighted by molar-refractivity contribution is 5.30. The van der Waals surface area contributed by atoms with Crippen molar-refractivity contribution in [3.63, 3.8) is 0 Å². The van der Waals surface area contributed by atoms with Crippen molar-refractivity contribution < 1.29 is 4.74 Å². The first-order chi connectivity index (χ1) is 11.1. The smallest absolute Gasteiger partial charge is 0.127 e. The third kappa shape index (κ3) is 5.99. The van der Waals surface area contributed by atoms with Crippen molar-refractivity contribution in [2.45, 2.75) is 26.7 Å². The van der Waals surface area contributed by atoms with E-state index in [-0.39, 0.29) is 0 Å². The quantitative estimate of drug-likeness (QED) is 0.530. The van der Waals surface area contributed by atoms with Crippen molar-refractivity contribution in [3.8, 4) is 11.5 Å². The average molecular weight is 304 g/mol. The second-order valence-corrected chi connectivity index (χ2v) is 5.79. The number of hydrogen-bond donors (Lipinski definition) is 0. The van der Waals surface area contributed by atoms with E-state index in [1.165, 1.54) is 11.1 Å². The van der Waals surface area contributed by atoms with Crippen LogP contribution in [0.2, 0.25) is 0 Å². The van der Waals surface area contributed by atoms with Crippen molar-refractivity contribution in [1.82, 2.24) is 0 Å². The van der Waals surface area contributed by atoms with E-state index in [0.717, 1.165) is 11.5 Å². The third-order valence-corrected chi connectivity index (χ3v) is 3.47. The van der Waals surface area contributed by atoms with Gasteiger partial charge in [0.05, 0.1) is 0 Å². The third-order valence-electron chi connectivity index (χ3n) is 3.47. The topological polar surface area (TPSA) is 9.23 Å². The fraction of sp³-hybridized carbons (Fsp3) is 0.182. The molecule has 1 nitrogen and oxygen atoms in total. The highest BCUT2D eigenvalue weighted by Crippen LogP contribution is 2.19. The standard InChI is InChI=1S/C12H10O.C10H14/c1-3-7-11(8-4-1)13-12-9-5-2-6-10-12;1-8(2)10-6-4-9(3)5-7-10/h1-10H;4-8H,1-3H3. The predicted molar refractivity (Wildman–Crippen MR) is 98.2 cm³/mol. The van der Waals surface area contributed by atoms with Gasteiger partial charge in [-0.3, -0.25) is 0 Å². The summed E-state index contributed by atoms with van der Waals surface area (Å²) in [6.07, 6.45) is 0. The maximum Gasteiger partial charge on any atom is 0.127 e. The van der Waals surface area contributed by atoms with Crippen LogP contribution in [0.4, 0.5) is 0 Å². The molecule has 0 spiro atoms. The Morgan fingerprint density at radius 1 is 0.609 bits per heavy atom. The van der Waals surface area contributed by atoms with Crippen LogP contribution in [0.5, 0.6) is 11.5 Å². The summed E-state index contributed by atoms with van der Waals surface area (Å²) in [5.41, 5.74) is 2.76. The first-order valence-corrected chi connectivity index (χ1v) is 7.99. The van der Waals surface area contributed by atoms with Crippen LogP contribution in [0.1, 0.15) is 30.9 Å². The SMILES string of the molecule is Cc1ccc(C(C)C)cc1.c1ccc(Oc2ccccc2)cc1. The summed E-state index contributed by atoms with van der Waals surface area (Å²) in [4.78, 5) is 0. The number of rotatable bonds is 3. The molecule has 0 heterocycles. The van der Waals surface area contributed by atoms with Crippen LogP contribution in [-0.2, 0) is 0 Å². The summed E-state index contributed by atoms with van der Waals surface area (Å²) in [5, 5.41) is 0. The number of ether oxygens (including phenoxy) is 1. The first-order valence-electron chi connectivity index (χ1n) is 7.99. The molecule has 0 unspecified atom stereocenters. The van der Waals surface area contributed by atoms with Gasteiger partial charge in [-0.05, 0) is 42.7 Å². The highest BCUT2D eigenvalue weighted by Gasteiger charge is 1.95. The molecule has 0 fully saturated rings. The fourth-order valence-electron chi connectivity index (χ4n) is 2.06. The second kappa shape index (κ2) is 8.79. The van der Waals surface area contributed by atoms with E-state index in [2.05, 4.69) is 45.0 Å². The summed E-state index contributed by atoms with van der Waals surface area (Å²) in [7, 11) is 0. The molecule has 23 heavy (non-hydrogen) atoms. The predicted octanol–water partition coefficient (Wildman–Crippen LogP) is 6.60. The molecule has 0 saturated carbocycles. The van der Waals surface area contributed by atoms with E-state index in [4.69, 9.17) is 4.74 Å². The second-order valence-electron chi connectivity index (χ2n) is 5.79. The van der Waals surface area contributed by atoms with Crippen LogP contribution in [0.3, 0.4) is 0 Å². The zero-order valence-electron chi connectivity index (χ0n) is 14.1. The van der Waals surface area contributed by atoms with E-state index >= 15 is 0 Å². The van der Waals surface area contributed by atoms with Gasteiger partial charge < -0.3 is 4.74 Å². The molecule has 3 aromatic rings. The molecule has 3 aromatic carbocycles. The molecule has 0 N–H and O–H groups in total. The molecule has 0 bridgehead atoms. The van der Waals surface area contributed by atoms with Crippen molar-refractivity contribution >= 4 is 0 Å². The molecule has 0 amide bonds. The van der Waals surface area contributed by atoms with Crippen molar-refractivity contribution in [2.24, 2.45) is 0 Å². The van der Waals surface area contributed by atoms with Crippen LogP contribution < -0.4 is 4.74 Å². The van der Waals surface area contributed by atoms with E-state index < -0.39 is 0 Å². The molecule has 0 aromatic heterocycles. The molecule has 0 aliphatic heterocycles. The monoisotopic (exact) mass is 304 g/mol. The maximum absolute atomic E-state index is 5.58. The molecule has 0 aliphatic carbocycles. The van der Waals surface area contributed by atoms with Crippen LogP contribution in [0, 0.1) is 6.92 Å². The number of para-hydroxylation sites is 2. The minimum atomic E-state index is 0.653. The minimum Gasteiger partial charge on any atom is -0.457 e. The van der Waals surface area contributed by atoms with Gasteiger partial charge in [0.25, 0.3) is 0 Å². The lowest BCUT2D eigenvalue weighted by Gasteiger charge is -2.03. The van der Waals surface area contributed by atoms with Gasteiger partial charge in [-0.15, -0.1) is 0 Å². The molecule has 0 saturated heterocycles. The Balaban J connectivity index is 0.000000174. The van der Waals surface area contributed by atoms with Gasteiger partial charge in [0.15, 0.2) is 0 Å². The highest BCUT2D eigenvalue weighted by atomic mass is 16.5. The van der Waals surface area contributed by atoms with Gasteiger partial charge in [-0.1, -0.05) is 80.1 Å². The zero-order chi connectivity index (χ0) is 16.5. The molecular weight excluding hydrogens is 280 g/mol. The minimum absolute atomic E-state index is 0.653. The summed E-state index contributed by atoms with van der Waals surface area (Å²) < 4.78 is 5.58. The Morgan fingerprint density at radius 2 is 1.04 bits per heavy atom. The van der Waals surface area contributed by atoms with Crippen LogP contribution >= 0.6 is 0 Å². The Bertz CT molecular complexity index is 633. The summed E-state index contributed by atoms with van der Waals surface area (Å²) in [6.45, 7) is 6.54. The van der Waals surface area contributed by atoms with Gasteiger partial charge in [0, 0.05) is 0 Å². The summed E-state index contributed by atoms with van der Waals surface area (Å²) >= 11 is 0. The largest absolute Gasteiger partial charge is 0.457 e. The normalized spacial score (nSPS) is 9.91.